The molecule has 0 aliphatic rings. The van der Waals surface area contributed by atoms with E-state index in [9.17, 15) is 0 Å². The molecule has 0 aliphatic heterocycles. The molecule has 0 saturated heterocycles. The lowest BCUT2D eigenvalue weighted by atomic mass is 10.2. The highest BCUT2D eigenvalue weighted by molar-refractivity contribution is 5.16. The molecule has 0 fully saturated rings. The molecule has 4 nitrogen and oxygen atoms in total. The molecule has 0 aromatic heterocycles. The summed E-state index contributed by atoms with van der Waals surface area (Å²) in [6.07, 6.45) is -0.119. The lowest BCUT2D eigenvalue weighted by Gasteiger charge is -2.29. The van der Waals surface area contributed by atoms with Gasteiger partial charge in [-0.1, -0.05) is 30.3 Å². The maximum absolute atomic E-state index is 5.67. The molecule has 1 aromatic carbocycles. The summed E-state index contributed by atoms with van der Waals surface area (Å²) in [7, 11) is 3.71. The first-order valence-corrected chi connectivity index (χ1v) is 5.14. The minimum Gasteiger partial charge on any atom is -0.356 e. The fraction of sp³-hybridized carbons (Fsp3) is 0.455. The third kappa shape index (κ3) is 3.28. The molecule has 4 heteroatoms. The fourth-order valence-electron chi connectivity index (χ4n) is 1.44. The summed E-state index contributed by atoms with van der Waals surface area (Å²) in [5.74, 6) is 0. The number of rotatable bonds is 6. The smallest absolute Gasteiger partial charge is 0.163 e. The van der Waals surface area contributed by atoms with Gasteiger partial charge in [0.1, 0.15) is 0 Å². The quantitative estimate of drug-likeness (QED) is 0.547. The molecule has 0 bridgehead atoms. The molecule has 15 heavy (non-hydrogen) atoms. The molecule has 1 aromatic rings. The van der Waals surface area contributed by atoms with Crippen LogP contribution in [0.1, 0.15) is 18.7 Å². The predicted molar refractivity (Wildman–Crippen MR) is 60.8 cm³/mol. The highest BCUT2D eigenvalue weighted by Gasteiger charge is 2.17. The van der Waals surface area contributed by atoms with E-state index in [1.165, 1.54) is 0 Å². The van der Waals surface area contributed by atoms with E-state index in [-0.39, 0.29) is 6.23 Å². The zero-order chi connectivity index (χ0) is 11.1. The Labute approximate surface area is 91.2 Å². The van der Waals surface area contributed by atoms with Gasteiger partial charge in [-0.15, -0.1) is 5.12 Å². The number of hydrogen-bond acceptors (Lipinski definition) is 4. The Morgan fingerprint density at radius 1 is 1.20 bits per heavy atom. The topological polar surface area (TPSA) is 36.5 Å². The SMILES string of the molecule is CCOC(c1ccccc1)N(NC)NC. The number of benzene rings is 1. The van der Waals surface area contributed by atoms with Crippen molar-refractivity contribution < 1.29 is 4.74 Å². The Kier molecular flexibility index (Phi) is 5.28. The van der Waals surface area contributed by atoms with E-state index in [4.69, 9.17) is 4.74 Å². The third-order valence-electron chi connectivity index (χ3n) is 2.13. The molecule has 0 aliphatic carbocycles. The van der Waals surface area contributed by atoms with Crippen LogP contribution in [0.25, 0.3) is 0 Å². The van der Waals surface area contributed by atoms with Crippen LogP contribution in [0.4, 0.5) is 0 Å². The van der Waals surface area contributed by atoms with Crippen molar-refractivity contribution in [2.45, 2.75) is 13.2 Å². The molecule has 0 heterocycles. The van der Waals surface area contributed by atoms with E-state index in [1.54, 1.807) is 0 Å². The summed E-state index contributed by atoms with van der Waals surface area (Å²) in [6, 6.07) is 10.1. The highest BCUT2D eigenvalue weighted by atomic mass is 16.5. The minimum atomic E-state index is -0.119. The zero-order valence-corrected chi connectivity index (χ0v) is 9.53. The van der Waals surface area contributed by atoms with Gasteiger partial charge >= 0.3 is 0 Å². The number of nitrogens with zero attached hydrogens (tertiary/aromatic N) is 1. The van der Waals surface area contributed by atoms with Crippen molar-refractivity contribution >= 4 is 0 Å². The maximum atomic E-state index is 5.67. The van der Waals surface area contributed by atoms with E-state index in [1.807, 2.05) is 56.5 Å². The lowest BCUT2D eigenvalue weighted by molar-refractivity contribution is -0.104. The number of nitrogens with one attached hydrogen (secondary N) is 2. The van der Waals surface area contributed by atoms with Crippen molar-refractivity contribution in [3.05, 3.63) is 35.9 Å². The minimum absolute atomic E-state index is 0.119. The number of hydrazine groups is 2. The van der Waals surface area contributed by atoms with Gasteiger partial charge in [0.2, 0.25) is 0 Å². The van der Waals surface area contributed by atoms with E-state index < -0.39 is 0 Å². The first kappa shape index (κ1) is 12.1. The Morgan fingerprint density at radius 3 is 2.27 bits per heavy atom. The Balaban J connectivity index is 2.81. The summed E-state index contributed by atoms with van der Waals surface area (Å²) in [5.41, 5.74) is 7.18. The zero-order valence-electron chi connectivity index (χ0n) is 9.53. The average molecular weight is 209 g/mol. The third-order valence-corrected chi connectivity index (χ3v) is 2.13. The van der Waals surface area contributed by atoms with Gasteiger partial charge in [0.25, 0.3) is 0 Å². The second-order valence-electron chi connectivity index (χ2n) is 3.04. The van der Waals surface area contributed by atoms with Gasteiger partial charge in [-0.05, 0) is 12.5 Å². The van der Waals surface area contributed by atoms with Crippen molar-refractivity contribution in [1.29, 1.82) is 0 Å². The summed E-state index contributed by atoms with van der Waals surface area (Å²) in [5, 5.41) is 1.82. The fourth-order valence-corrected chi connectivity index (χ4v) is 1.44. The van der Waals surface area contributed by atoms with Crippen molar-refractivity contribution in [1.82, 2.24) is 16.0 Å². The monoisotopic (exact) mass is 209 g/mol. The second-order valence-corrected chi connectivity index (χ2v) is 3.04. The van der Waals surface area contributed by atoms with E-state index in [0.29, 0.717) is 6.61 Å². The molecule has 0 amide bonds. The molecule has 0 radical (unpaired) electrons. The van der Waals surface area contributed by atoms with Crippen molar-refractivity contribution in [2.24, 2.45) is 0 Å². The van der Waals surface area contributed by atoms with Crippen molar-refractivity contribution in [3.63, 3.8) is 0 Å². The van der Waals surface area contributed by atoms with Crippen LogP contribution >= 0.6 is 0 Å². The van der Waals surface area contributed by atoms with E-state index >= 15 is 0 Å². The largest absolute Gasteiger partial charge is 0.356 e. The van der Waals surface area contributed by atoms with Crippen LogP contribution < -0.4 is 10.9 Å². The average Bonchev–Trinajstić information content (AvgIpc) is 2.30. The van der Waals surface area contributed by atoms with Gasteiger partial charge in [-0.3, -0.25) is 0 Å². The molecule has 1 unspecified atom stereocenters. The molecular formula is C11H19N3O. The van der Waals surface area contributed by atoms with Crippen molar-refractivity contribution in [2.75, 3.05) is 20.7 Å². The number of hydrogen-bond donors (Lipinski definition) is 2. The lowest BCUT2D eigenvalue weighted by Crippen LogP contribution is -2.47. The number of ether oxygens (including phenoxy) is 1. The molecular weight excluding hydrogens is 190 g/mol. The first-order chi connectivity index (χ1) is 7.33. The van der Waals surface area contributed by atoms with Gasteiger partial charge < -0.3 is 4.74 Å². The molecule has 1 rings (SSSR count). The van der Waals surface area contributed by atoms with Gasteiger partial charge in [-0.2, -0.15) is 0 Å². The van der Waals surface area contributed by atoms with Crippen LogP contribution in [0.15, 0.2) is 30.3 Å². The van der Waals surface area contributed by atoms with Gasteiger partial charge in [-0.25, -0.2) is 10.9 Å². The van der Waals surface area contributed by atoms with Crippen LogP contribution in [-0.2, 0) is 4.74 Å². The molecule has 2 N–H and O–H groups in total. The van der Waals surface area contributed by atoms with Crippen LogP contribution in [-0.4, -0.2) is 25.8 Å². The highest BCUT2D eigenvalue weighted by Crippen LogP contribution is 2.18. The van der Waals surface area contributed by atoms with Crippen LogP contribution in [0.5, 0.6) is 0 Å². The van der Waals surface area contributed by atoms with Crippen molar-refractivity contribution in [3.8, 4) is 0 Å². The van der Waals surface area contributed by atoms with Gasteiger partial charge in [0.15, 0.2) is 6.23 Å². The summed E-state index contributed by atoms with van der Waals surface area (Å²) in [6.45, 7) is 2.65. The van der Waals surface area contributed by atoms with E-state index in [0.717, 1.165) is 5.56 Å². The summed E-state index contributed by atoms with van der Waals surface area (Å²) >= 11 is 0. The normalized spacial score (nSPS) is 13.1. The summed E-state index contributed by atoms with van der Waals surface area (Å²) in [4.78, 5) is 0. The van der Waals surface area contributed by atoms with Crippen LogP contribution in [0, 0.1) is 0 Å². The Hall–Kier alpha value is -0.940. The molecule has 84 valence electrons. The molecule has 0 saturated carbocycles. The molecule has 0 spiro atoms. The summed E-state index contributed by atoms with van der Waals surface area (Å²) < 4.78 is 5.67. The first-order valence-electron chi connectivity index (χ1n) is 5.14. The van der Waals surface area contributed by atoms with Crippen LogP contribution in [0.3, 0.4) is 0 Å². The van der Waals surface area contributed by atoms with E-state index in [2.05, 4.69) is 10.9 Å². The van der Waals surface area contributed by atoms with Crippen LogP contribution in [0.2, 0.25) is 0 Å². The van der Waals surface area contributed by atoms with Gasteiger partial charge in [0, 0.05) is 20.7 Å². The van der Waals surface area contributed by atoms with Gasteiger partial charge in [0.05, 0.1) is 0 Å². The Morgan fingerprint density at radius 2 is 1.80 bits per heavy atom. The second kappa shape index (κ2) is 6.53. The standard InChI is InChI=1S/C11H19N3O/c1-4-15-11(14(12-2)13-3)10-8-6-5-7-9-10/h5-9,11-13H,4H2,1-3H3. The predicted octanol–water partition coefficient (Wildman–Crippen LogP) is 1.29. The Bertz CT molecular complexity index is 262. The maximum Gasteiger partial charge on any atom is 0.163 e. The molecule has 1 atom stereocenters.